The molecule has 0 saturated carbocycles. The van der Waals surface area contributed by atoms with Gasteiger partial charge >= 0.3 is 11.9 Å². The monoisotopic (exact) mass is 476 g/mol. The summed E-state index contributed by atoms with van der Waals surface area (Å²) < 4.78 is 20.1. The summed E-state index contributed by atoms with van der Waals surface area (Å²) >= 11 is 0. The van der Waals surface area contributed by atoms with Crippen molar-refractivity contribution < 1.29 is 48.3 Å². The molecule has 0 spiro atoms. The highest BCUT2D eigenvalue weighted by molar-refractivity contribution is 5.97. The number of hydrogen-bond donors (Lipinski definition) is 2. The molecule has 0 fully saturated rings. The lowest BCUT2D eigenvalue weighted by Crippen LogP contribution is -2.16. The zero-order valence-electron chi connectivity index (χ0n) is 19.5. The molecule has 10 heteroatoms. The predicted molar refractivity (Wildman–Crippen MR) is 120 cm³/mol. The summed E-state index contributed by atoms with van der Waals surface area (Å²) in [6.45, 7) is 6.03. The maximum absolute atomic E-state index is 11.6. The van der Waals surface area contributed by atoms with Crippen molar-refractivity contribution in [3.05, 3.63) is 47.5 Å². The van der Waals surface area contributed by atoms with Crippen LogP contribution in [0.4, 0.5) is 0 Å². The van der Waals surface area contributed by atoms with Crippen LogP contribution in [-0.2, 0) is 19.1 Å². The molecule has 0 aromatic heterocycles. The first-order valence-corrected chi connectivity index (χ1v) is 10.3. The minimum absolute atomic E-state index is 0.0486. The predicted octanol–water partition coefficient (Wildman–Crippen LogP) is 3.07. The molecule has 184 valence electrons. The lowest BCUT2D eigenvalue weighted by atomic mass is 10.1. The van der Waals surface area contributed by atoms with Crippen LogP contribution in [0, 0.1) is 0 Å². The third kappa shape index (κ3) is 9.60. The van der Waals surface area contributed by atoms with Gasteiger partial charge in [0.2, 0.25) is 0 Å². The highest BCUT2D eigenvalue weighted by Crippen LogP contribution is 2.26. The Morgan fingerprint density at radius 1 is 0.735 bits per heavy atom. The lowest BCUT2D eigenvalue weighted by molar-refractivity contribution is -0.146. The van der Waals surface area contributed by atoms with Crippen LogP contribution >= 0.6 is 0 Å². The van der Waals surface area contributed by atoms with Crippen molar-refractivity contribution in [2.75, 3.05) is 26.4 Å². The second-order valence-corrected chi connectivity index (χ2v) is 6.66. The first-order valence-electron chi connectivity index (χ1n) is 10.3. The molecule has 0 unspecified atom stereocenters. The molecule has 0 amide bonds. The third-order valence-electron chi connectivity index (χ3n) is 4.01. The number of ether oxygens (including phenoxy) is 4. The Morgan fingerprint density at radius 2 is 1.26 bits per heavy atom. The van der Waals surface area contributed by atoms with Gasteiger partial charge in [0.15, 0.2) is 24.8 Å². The zero-order valence-corrected chi connectivity index (χ0v) is 19.5. The second kappa shape index (κ2) is 14.1. The first-order chi connectivity index (χ1) is 16.1. The molecule has 0 bridgehead atoms. The van der Waals surface area contributed by atoms with E-state index in [1.54, 1.807) is 13.8 Å². The lowest BCUT2D eigenvalue weighted by Gasteiger charge is -2.12. The number of carbonyl (C=O) groups excluding carboxylic acids is 4. The summed E-state index contributed by atoms with van der Waals surface area (Å²) in [5.74, 6) is -1.21. The maximum atomic E-state index is 11.6. The Hall–Kier alpha value is -4.08. The van der Waals surface area contributed by atoms with Gasteiger partial charge in [-0.25, -0.2) is 9.59 Å². The molecule has 0 atom stereocenters. The fraction of sp³-hybridized carbons (Fsp3) is 0.333. The van der Waals surface area contributed by atoms with E-state index in [1.807, 2.05) is 0 Å². The summed E-state index contributed by atoms with van der Waals surface area (Å²) in [6.07, 6.45) is 0. The minimum atomic E-state index is -0.542. The molecule has 34 heavy (non-hydrogen) atoms. The van der Waals surface area contributed by atoms with Gasteiger partial charge < -0.3 is 29.2 Å². The number of phenolic OH excluding ortho intramolecular Hbond substituents is 2. The van der Waals surface area contributed by atoms with Crippen molar-refractivity contribution in [3.63, 3.8) is 0 Å². The van der Waals surface area contributed by atoms with Gasteiger partial charge in [-0.3, -0.25) is 9.59 Å². The van der Waals surface area contributed by atoms with Gasteiger partial charge in [-0.05, 0) is 52.0 Å². The van der Waals surface area contributed by atoms with Crippen molar-refractivity contribution in [1.29, 1.82) is 0 Å². The molecule has 0 radical (unpaired) electrons. The summed E-state index contributed by atoms with van der Waals surface area (Å²) in [4.78, 5) is 44.9. The van der Waals surface area contributed by atoms with E-state index in [4.69, 9.17) is 29.2 Å². The summed E-state index contributed by atoms with van der Waals surface area (Å²) in [6, 6.07) is 8.35. The number of aromatic hydroxyl groups is 2. The first kappa shape index (κ1) is 28.0. The second-order valence-electron chi connectivity index (χ2n) is 6.66. The van der Waals surface area contributed by atoms with E-state index in [2.05, 4.69) is 0 Å². The van der Waals surface area contributed by atoms with Crippen LogP contribution in [0.1, 0.15) is 48.4 Å². The Morgan fingerprint density at radius 3 is 1.76 bits per heavy atom. The van der Waals surface area contributed by atoms with Gasteiger partial charge in [-0.1, -0.05) is 0 Å². The third-order valence-corrected chi connectivity index (χ3v) is 4.01. The molecule has 0 aliphatic rings. The van der Waals surface area contributed by atoms with Crippen molar-refractivity contribution in [1.82, 2.24) is 0 Å². The van der Waals surface area contributed by atoms with Crippen molar-refractivity contribution in [3.8, 4) is 23.0 Å². The number of benzene rings is 2. The average Bonchev–Trinajstić information content (AvgIpc) is 2.76. The number of rotatable bonds is 10. The van der Waals surface area contributed by atoms with Crippen molar-refractivity contribution >= 4 is 23.5 Å². The summed E-state index contributed by atoms with van der Waals surface area (Å²) in [7, 11) is 0. The van der Waals surface area contributed by atoms with E-state index in [0.29, 0.717) is 11.3 Å². The molecule has 0 aliphatic carbocycles. The molecule has 0 aliphatic heterocycles. The van der Waals surface area contributed by atoms with Gasteiger partial charge in [0.25, 0.3) is 0 Å². The summed E-state index contributed by atoms with van der Waals surface area (Å²) in [5, 5.41) is 17.9. The van der Waals surface area contributed by atoms with Crippen LogP contribution in [0.15, 0.2) is 36.4 Å². The van der Waals surface area contributed by atoms with Gasteiger partial charge in [-0.2, -0.15) is 0 Å². The molecule has 10 nitrogen and oxygen atoms in total. The van der Waals surface area contributed by atoms with Crippen LogP contribution in [0.5, 0.6) is 23.0 Å². The molecule has 2 rings (SSSR count). The average molecular weight is 476 g/mol. The SMILES string of the molecule is CC(=O)c1ccc(O)cc1O.CCOC(=O)COc1ccc(C(C)=O)c(OCC(=O)OCC)c1. The number of phenols is 2. The summed E-state index contributed by atoms with van der Waals surface area (Å²) in [5.41, 5.74) is 0.528. The largest absolute Gasteiger partial charge is 0.508 e. The van der Waals surface area contributed by atoms with Crippen LogP contribution in [0.25, 0.3) is 0 Å². The smallest absolute Gasteiger partial charge is 0.344 e. The van der Waals surface area contributed by atoms with Crippen LogP contribution in [0.2, 0.25) is 0 Å². The molecule has 2 aromatic carbocycles. The van der Waals surface area contributed by atoms with Gasteiger partial charge in [-0.15, -0.1) is 0 Å². The highest BCUT2D eigenvalue weighted by Gasteiger charge is 2.13. The number of Topliss-reactive ketones (excluding diaryl/α,β-unsaturated/α-hetero) is 2. The maximum Gasteiger partial charge on any atom is 0.344 e. The quantitative estimate of drug-likeness (QED) is 0.387. The van der Waals surface area contributed by atoms with Crippen molar-refractivity contribution in [2.24, 2.45) is 0 Å². The fourth-order valence-electron chi connectivity index (χ4n) is 2.50. The number of carbonyl (C=O) groups is 4. The van der Waals surface area contributed by atoms with Crippen molar-refractivity contribution in [2.45, 2.75) is 27.7 Å². The van der Waals surface area contributed by atoms with E-state index < -0.39 is 11.9 Å². The van der Waals surface area contributed by atoms with Gasteiger partial charge in [0, 0.05) is 12.1 Å². The van der Waals surface area contributed by atoms with Crippen LogP contribution in [0.3, 0.4) is 0 Å². The molecule has 2 N–H and O–H groups in total. The number of esters is 2. The topological polar surface area (TPSA) is 146 Å². The van der Waals surface area contributed by atoms with Gasteiger partial charge in [0.1, 0.15) is 23.0 Å². The number of hydrogen-bond acceptors (Lipinski definition) is 10. The van der Waals surface area contributed by atoms with Crippen LogP contribution < -0.4 is 9.47 Å². The molecular weight excluding hydrogens is 448 g/mol. The van der Waals surface area contributed by atoms with E-state index in [0.717, 1.165) is 6.07 Å². The van der Waals surface area contributed by atoms with E-state index in [-0.39, 0.29) is 60.8 Å². The van der Waals surface area contributed by atoms with E-state index in [1.165, 1.54) is 44.2 Å². The Labute approximate surface area is 197 Å². The minimum Gasteiger partial charge on any atom is -0.508 e. The molecule has 0 heterocycles. The standard InChI is InChI=1S/C16H20O7.C8H8O3/c1-4-20-15(18)9-22-12-6-7-13(11(3)17)14(8-12)23-10-16(19)21-5-2;1-5(9)7-3-2-6(10)4-8(7)11/h6-8H,4-5,9-10H2,1-3H3;2-4,10-11H,1H3. The normalized spacial score (nSPS) is 9.76. The number of ketones is 2. The van der Waals surface area contributed by atoms with Gasteiger partial charge in [0.05, 0.1) is 24.3 Å². The van der Waals surface area contributed by atoms with E-state index in [9.17, 15) is 19.2 Å². The molecule has 2 aromatic rings. The Balaban J connectivity index is 0.000000437. The molecular formula is C24H28O10. The molecule has 0 saturated heterocycles. The van der Waals surface area contributed by atoms with E-state index >= 15 is 0 Å². The Bertz CT molecular complexity index is 1010. The fourth-order valence-corrected chi connectivity index (χ4v) is 2.50. The zero-order chi connectivity index (χ0) is 25.7. The highest BCUT2D eigenvalue weighted by atomic mass is 16.6. The van der Waals surface area contributed by atoms with Crippen LogP contribution in [-0.4, -0.2) is 60.1 Å². The Kier molecular flexibility index (Phi) is 11.6.